The molecule has 2 amide bonds. The SMILES string of the molecule is CCCC1CCN(C(=O)NC)C1. The van der Waals surface area contributed by atoms with Crippen LogP contribution in [0.4, 0.5) is 4.79 Å². The zero-order valence-corrected chi connectivity index (χ0v) is 7.97. The highest BCUT2D eigenvalue weighted by Crippen LogP contribution is 2.20. The number of rotatable bonds is 2. The summed E-state index contributed by atoms with van der Waals surface area (Å²) in [6.07, 6.45) is 3.67. The van der Waals surface area contributed by atoms with Gasteiger partial charge in [0.2, 0.25) is 0 Å². The molecular formula is C9H18N2O. The van der Waals surface area contributed by atoms with Gasteiger partial charge in [-0.15, -0.1) is 0 Å². The molecule has 0 spiro atoms. The minimum Gasteiger partial charge on any atom is -0.341 e. The van der Waals surface area contributed by atoms with Crippen molar-refractivity contribution in [2.24, 2.45) is 5.92 Å². The summed E-state index contributed by atoms with van der Waals surface area (Å²) in [4.78, 5) is 13.1. The molecule has 0 bridgehead atoms. The van der Waals surface area contributed by atoms with Crippen LogP contribution < -0.4 is 5.32 Å². The minimum absolute atomic E-state index is 0.0774. The van der Waals surface area contributed by atoms with Crippen molar-refractivity contribution in [2.75, 3.05) is 20.1 Å². The molecule has 1 N–H and O–H groups in total. The number of nitrogens with zero attached hydrogens (tertiary/aromatic N) is 1. The van der Waals surface area contributed by atoms with E-state index in [0.29, 0.717) is 0 Å². The Kier molecular flexibility index (Phi) is 3.38. The standard InChI is InChI=1S/C9H18N2O/c1-3-4-8-5-6-11(7-8)9(12)10-2/h8H,3-7H2,1-2H3,(H,10,12). The Morgan fingerprint density at radius 1 is 1.67 bits per heavy atom. The molecule has 0 aliphatic carbocycles. The van der Waals surface area contributed by atoms with Gasteiger partial charge in [0, 0.05) is 20.1 Å². The van der Waals surface area contributed by atoms with E-state index in [1.54, 1.807) is 7.05 Å². The molecule has 1 aliphatic rings. The summed E-state index contributed by atoms with van der Waals surface area (Å²) in [5.41, 5.74) is 0. The fourth-order valence-corrected chi connectivity index (χ4v) is 1.82. The Morgan fingerprint density at radius 3 is 3.00 bits per heavy atom. The third-order valence-corrected chi connectivity index (χ3v) is 2.48. The van der Waals surface area contributed by atoms with Crippen molar-refractivity contribution in [3.05, 3.63) is 0 Å². The minimum atomic E-state index is 0.0774. The summed E-state index contributed by atoms with van der Waals surface area (Å²) in [7, 11) is 1.69. The lowest BCUT2D eigenvalue weighted by Gasteiger charge is -2.15. The first-order chi connectivity index (χ1) is 5.77. The lowest BCUT2D eigenvalue weighted by molar-refractivity contribution is 0.209. The number of carbonyl (C=O) groups is 1. The molecule has 0 radical (unpaired) electrons. The maximum absolute atomic E-state index is 11.2. The van der Waals surface area contributed by atoms with Crippen molar-refractivity contribution in [3.63, 3.8) is 0 Å². The van der Waals surface area contributed by atoms with Crippen molar-refractivity contribution in [1.82, 2.24) is 10.2 Å². The van der Waals surface area contributed by atoms with Gasteiger partial charge in [0.1, 0.15) is 0 Å². The van der Waals surface area contributed by atoms with Gasteiger partial charge in [0.05, 0.1) is 0 Å². The first-order valence-corrected chi connectivity index (χ1v) is 4.74. The number of hydrogen-bond acceptors (Lipinski definition) is 1. The third-order valence-electron chi connectivity index (χ3n) is 2.48. The van der Waals surface area contributed by atoms with Crippen molar-refractivity contribution in [1.29, 1.82) is 0 Å². The highest BCUT2D eigenvalue weighted by Gasteiger charge is 2.24. The number of hydrogen-bond donors (Lipinski definition) is 1. The van der Waals surface area contributed by atoms with Gasteiger partial charge in [-0.3, -0.25) is 0 Å². The number of nitrogens with one attached hydrogen (secondary N) is 1. The summed E-state index contributed by atoms with van der Waals surface area (Å²) >= 11 is 0. The second kappa shape index (κ2) is 4.33. The quantitative estimate of drug-likeness (QED) is 0.668. The van der Waals surface area contributed by atoms with E-state index < -0.39 is 0 Å². The van der Waals surface area contributed by atoms with Crippen LogP contribution in [-0.2, 0) is 0 Å². The van der Waals surface area contributed by atoms with E-state index in [0.717, 1.165) is 19.0 Å². The van der Waals surface area contributed by atoms with Gasteiger partial charge in [-0.05, 0) is 18.8 Å². The van der Waals surface area contributed by atoms with Gasteiger partial charge >= 0.3 is 6.03 Å². The maximum Gasteiger partial charge on any atom is 0.317 e. The summed E-state index contributed by atoms with van der Waals surface area (Å²) in [6, 6.07) is 0.0774. The summed E-state index contributed by atoms with van der Waals surface area (Å²) in [5.74, 6) is 0.743. The second-order valence-electron chi connectivity index (χ2n) is 3.44. The average molecular weight is 170 g/mol. The van der Waals surface area contributed by atoms with Crippen LogP contribution >= 0.6 is 0 Å². The van der Waals surface area contributed by atoms with Crippen LogP contribution in [0.2, 0.25) is 0 Å². The molecule has 0 aromatic rings. The van der Waals surface area contributed by atoms with Crippen molar-refractivity contribution in [2.45, 2.75) is 26.2 Å². The molecular weight excluding hydrogens is 152 g/mol. The predicted octanol–water partition coefficient (Wildman–Crippen LogP) is 1.45. The van der Waals surface area contributed by atoms with Crippen LogP contribution in [0.25, 0.3) is 0 Å². The summed E-state index contributed by atoms with van der Waals surface area (Å²) in [5, 5.41) is 2.66. The zero-order valence-electron chi connectivity index (χ0n) is 7.97. The number of carbonyl (C=O) groups excluding carboxylic acids is 1. The number of amides is 2. The topological polar surface area (TPSA) is 32.3 Å². The number of urea groups is 1. The molecule has 1 fully saturated rings. The van der Waals surface area contributed by atoms with Crippen LogP contribution in [0.5, 0.6) is 0 Å². The molecule has 1 rings (SSSR count). The van der Waals surface area contributed by atoms with Crippen molar-refractivity contribution < 1.29 is 4.79 Å². The molecule has 0 aromatic carbocycles. The molecule has 0 saturated carbocycles. The van der Waals surface area contributed by atoms with E-state index in [-0.39, 0.29) is 6.03 Å². The highest BCUT2D eigenvalue weighted by molar-refractivity contribution is 5.74. The van der Waals surface area contributed by atoms with Crippen LogP contribution in [0.1, 0.15) is 26.2 Å². The lowest BCUT2D eigenvalue weighted by atomic mass is 10.0. The lowest BCUT2D eigenvalue weighted by Crippen LogP contribution is -2.36. The van der Waals surface area contributed by atoms with Crippen LogP contribution in [0.3, 0.4) is 0 Å². The van der Waals surface area contributed by atoms with Gasteiger partial charge in [0.15, 0.2) is 0 Å². The Balaban J connectivity index is 2.30. The van der Waals surface area contributed by atoms with E-state index in [4.69, 9.17) is 0 Å². The molecule has 1 aliphatic heterocycles. The zero-order chi connectivity index (χ0) is 8.97. The van der Waals surface area contributed by atoms with Gasteiger partial charge in [-0.2, -0.15) is 0 Å². The van der Waals surface area contributed by atoms with Gasteiger partial charge in [0.25, 0.3) is 0 Å². The van der Waals surface area contributed by atoms with Crippen molar-refractivity contribution in [3.8, 4) is 0 Å². The first-order valence-electron chi connectivity index (χ1n) is 4.74. The maximum atomic E-state index is 11.2. The number of likely N-dealkylation sites (tertiary alicyclic amines) is 1. The van der Waals surface area contributed by atoms with Crippen LogP contribution in [0, 0.1) is 5.92 Å². The Labute approximate surface area is 74.1 Å². The monoisotopic (exact) mass is 170 g/mol. The van der Waals surface area contributed by atoms with Crippen LogP contribution in [0.15, 0.2) is 0 Å². The van der Waals surface area contributed by atoms with Gasteiger partial charge < -0.3 is 10.2 Å². The predicted molar refractivity (Wildman–Crippen MR) is 49.0 cm³/mol. The molecule has 3 heteroatoms. The van der Waals surface area contributed by atoms with E-state index in [2.05, 4.69) is 12.2 Å². The Hall–Kier alpha value is -0.730. The smallest absolute Gasteiger partial charge is 0.317 e. The molecule has 1 unspecified atom stereocenters. The molecule has 1 saturated heterocycles. The molecule has 0 aromatic heterocycles. The van der Waals surface area contributed by atoms with Crippen molar-refractivity contribution >= 4 is 6.03 Å². The molecule has 1 atom stereocenters. The van der Waals surface area contributed by atoms with Gasteiger partial charge in [-0.25, -0.2) is 4.79 Å². The molecule has 3 nitrogen and oxygen atoms in total. The van der Waals surface area contributed by atoms with Gasteiger partial charge in [-0.1, -0.05) is 13.3 Å². The molecule has 12 heavy (non-hydrogen) atoms. The Morgan fingerprint density at radius 2 is 2.42 bits per heavy atom. The van der Waals surface area contributed by atoms with E-state index in [1.807, 2.05) is 4.90 Å². The fraction of sp³-hybridized carbons (Fsp3) is 0.889. The summed E-state index contributed by atoms with van der Waals surface area (Å²) < 4.78 is 0. The second-order valence-corrected chi connectivity index (χ2v) is 3.44. The van der Waals surface area contributed by atoms with E-state index >= 15 is 0 Å². The summed E-state index contributed by atoms with van der Waals surface area (Å²) in [6.45, 7) is 4.08. The average Bonchev–Trinajstić information content (AvgIpc) is 2.52. The molecule has 70 valence electrons. The van der Waals surface area contributed by atoms with E-state index in [9.17, 15) is 4.79 Å². The van der Waals surface area contributed by atoms with Crippen LogP contribution in [-0.4, -0.2) is 31.1 Å². The van der Waals surface area contributed by atoms with E-state index in [1.165, 1.54) is 19.3 Å². The molecule has 1 heterocycles. The first kappa shape index (κ1) is 9.36. The fourth-order valence-electron chi connectivity index (χ4n) is 1.82. The largest absolute Gasteiger partial charge is 0.341 e. The highest BCUT2D eigenvalue weighted by atomic mass is 16.2. The normalized spacial score (nSPS) is 22.8. The third kappa shape index (κ3) is 2.13. The Bertz CT molecular complexity index is 159.